The van der Waals surface area contributed by atoms with Crippen molar-refractivity contribution in [1.82, 2.24) is 0 Å². The van der Waals surface area contributed by atoms with Crippen LogP contribution in [0.1, 0.15) is 16.0 Å². The molecule has 0 aliphatic carbocycles. The Hall–Kier alpha value is -0.620. The summed E-state index contributed by atoms with van der Waals surface area (Å²) >= 11 is 5.84. The summed E-state index contributed by atoms with van der Waals surface area (Å²) in [7, 11) is 1.66. The smallest absolute Gasteiger partial charge is 0.124 e. The van der Waals surface area contributed by atoms with Crippen LogP contribution < -0.4 is 4.74 Å². The molecular formula is C15H13BrFIO. The molecule has 2 aromatic rings. The molecule has 0 aliphatic rings. The third-order valence-electron chi connectivity index (χ3n) is 2.85. The highest BCUT2D eigenvalue weighted by molar-refractivity contribution is 14.1. The maximum atomic E-state index is 13.1. The van der Waals surface area contributed by atoms with Crippen LogP contribution in [0, 0.1) is 9.39 Å². The molecule has 0 aromatic heterocycles. The zero-order valence-corrected chi connectivity index (χ0v) is 14.1. The number of methoxy groups -OCH3 is 1. The number of rotatable bonds is 4. The molecule has 1 atom stereocenters. The SMILES string of the molecule is COc1cccc(CC(Br)c2ccc(F)cc2I)c1. The van der Waals surface area contributed by atoms with Gasteiger partial charge in [0, 0.05) is 8.40 Å². The molecule has 0 heterocycles. The van der Waals surface area contributed by atoms with Gasteiger partial charge in [-0.05, 0) is 64.4 Å². The molecule has 19 heavy (non-hydrogen) atoms. The summed E-state index contributed by atoms with van der Waals surface area (Å²) < 4.78 is 19.2. The largest absolute Gasteiger partial charge is 0.497 e. The fourth-order valence-electron chi connectivity index (χ4n) is 1.87. The van der Waals surface area contributed by atoms with E-state index in [4.69, 9.17) is 4.74 Å². The van der Waals surface area contributed by atoms with Gasteiger partial charge in [-0.2, -0.15) is 0 Å². The number of halogens is 3. The van der Waals surface area contributed by atoms with Crippen LogP contribution in [-0.4, -0.2) is 7.11 Å². The van der Waals surface area contributed by atoms with E-state index in [-0.39, 0.29) is 10.6 Å². The summed E-state index contributed by atoms with van der Waals surface area (Å²) in [4.78, 5) is 0.159. The van der Waals surface area contributed by atoms with Gasteiger partial charge in [0.25, 0.3) is 0 Å². The molecule has 0 N–H and O–H groups in total. The standard InChI is InChI=1S/C15H13BrFIO/c1-19-12-4-2-3-10(7-12)8-14(16)13-6-5-11(17)9-15(13)18/h2-7,9,14H,8H2,1H3. The lowest BCUT2D eigenvalue weighted by Gasteiger charge is -2.13. The van der Waals surface area contributed by atoms with E-state index in [1.54, 1.807) is 13.2 Å². The molecule has 100 valence electrons. The quantitative estimate of drug-likeness (QED) is 0.479. The Kier molecular flexibility index (Phi) is 5.21. The second kappa shape index (κ2) is 6.70. The zero-order valence-electron chi connectivity index (χ0n) is 10.4. The van der Waals surface area contributed by atoms with Crippen molar-refractivity contribution >= 4 is 38.5 Å². The Balaban J connectivity index is 2.17. The van der Waals surface area contributed by atoms with Crippen molar-refractivity contribution in [3.63, 3.8) is 0 Å². The van der Waals surface area contributed by atoms with Gasteiger partial charge in [-0.3, -0.25) is 0 Å². The van der Waals surface area contributed by atoms with Crippen molar-refractivity contribution in [1.29, 1.82) is 0 Å². The Morgan fingerprint density at radius 2 is 2.05 bits per heavy atom. The molecular weight excluding hydrogens is 422 g/mol. The number of hydrogen-bond acceptors (Lipinski definition) is 1. The monoisotopic (exact) mass is 434 g/mol. The highest BCUT2D eigenvalue weighted by Crippen LogP contribution is 2.31. The van der Waals surface area contributed by atoms with Crippen molar-refractivity contribution < 1.29 is 9.13 Å². The number of alkyl halides is 1. The highest BCUT2D eigenvalue weighted by Gasteiger charge is 2.13. The lowest BCUT2D eigenvalue weighted by Crippen LogP contribution is -1.99. The maximum Gasteiger partial charge on any atom is 0.124 e. The van der Waals surface area contributed by atoms with E-state index in [0.29, 0.717) is 0 Å². The minimum absolute atomic E-state index is 0.159. The van der Waals surface area contributed by atoms with Crippen molar-refractivity contribution in [3.8, 4) is 5.75 Å². The molecule has 0 aliphatic heterocycles. The van der Waals surface area contributed by atoms with Gasteiger partial charge in [-0.25, -0.2) is 4.39 Å². The first kappa shape index (κ1) is 14.8. The van der Waals surface area contributed by atoms with Gasteiger partial charge in [0.2, 0.25) is 0 Å². The molecule has 1 unspecified atom stereocenters. The molecule has 0 saturated heterocycles. The molecule has 0 fully saturated rings. The normalized spacial score (nSPS) is 12.2. The minimum atomic E-state index is -0.200. The fourth-order valence-corrected chi connectivity index (χ4v) is 3.93. The topological polar surface area (TPSA) is 9.23 Å². The Morgan fingerprint density at radius 1 is 1.26 bits per heavy atom. The molecule has 0 spiro atoms. The third-order valence-corrected chi connectivity index (χ3v) is 4.60. The molecule has 2 rings (SSSR count). The predicted molar refractivity (Wildman–Crippen MR) is 87.5 cm³/mol. The highest BCUT2D eigenvalue weighted by atomic mass is 127. The summed E-state index contributed by atoms with van der Waals surface area (Å²) in [6.45, 7) is 0. The van der Waals surface area contributed by atoms with E-state index in [2.05, 4.69) is 44.6 Å². The number of hydrogen-bond donors (Lipinski definition) is 0. The van der Waals surface area contributed by atoms with Crippen LogP contribution in [-0.2, 0) is 6.42 Å². The number of ether oxygens (including phenoxy) is 1. The average molecular weight is 435 g/mol. The van der Waals surface area contributed by atoms with Crippen LogP contribution in [0.2, 0.25) is 0 Å². The van der Waals surface area contributed by atoms with E-state index >= 15 is 0 Å². The van der Waals surface area contributed by atoms with Gasteiger partial charge >= 0.3 is 0 Å². The van der Waals surface area contributed by atoms with Crippen LogP contribution in [0.5, 0.6) is 5.75 Å². The molecule has 0 bridgehead atoms. The Morgan fingerprint density at radius 3 is 2.74 bits per heavy atom. The number of benzene rings is 2. The molecule has 1 nitrogen and oxygen atoms in total. The van der Waals surface area contributed by atoms with Crippen LogP contribution >= 0.6 is 38.5 Å². The van der Waals surface area contributed by atoms with Gasteiger partial charge in [0.1, 0.15) is 11.6 Å². The van der Waals surface area contributed by atoms with E-state index in [1.807, 2.05) is 24.3 Å². The van der Waals surface area contributed by atoms with Crippen molar-refractivity contribution in [2.75, 3.05) is 7.11 Å². The molecule has 0 saturated carbocycles. The first-order chi connectivity index (χ1) is 9.10. The van der Waals surface area contributed by atoms with Crippen LogP contribution in [0.15, 0.2) is 42.5 Å². The predicted octanol–water partition coefficient (Wildman–Crippen LogP) is 5.12. The molecule has 0 amide bonds. The first-order valence-electron chi connectivity index (χ1n) is 5.82. The zero-order chi connectivity index (χ0) is 13.8. The van der Waals surface area contributed by atoms with E-state index in [1.165, 1.54) is 11.6 Å². The third kappa shape index (κ3) is 3.92. The van der Waals surface area contributed by atoms with Crippen molar-refractivity contribution in [2.24, 2.45) is 0 Å². The molecule has 2 aromatic carbocycles. The Labute approximate surface area is 134 Å². The second-order valence-electron chi connectivity index (χ2n) is 4.19. The van der Waals surface area contributed by atoms with E-state index < -0.39 is 0 Å². The van der Waals surface area contributed by atoms with Crippen LogP contribution in [0.3, 0.4) is 0 Å². The van der Waals surface area contributed by atoms with Crippen LogP contribution in [0.25, 0.3) is 0 Å². The van der Waals surface area contributed by atoms with Gasteiger partial charge in [-0.15, -0.1) is 0 Å². The summed E-state index contributed by atoms with van der Waals surface area (Å²) in [6.07, 6.45) is 0.832. The van der Waals surface area contributed by atoms with Gasteiger partial charge in [0.05, 0.1) is 7.11 Å². The maximum absolute atomic E-state index is 13.1. The summed E-state index contributed by atoms with van der Waals surface area (Å²) in [5.41, 5.74) is 2.28. The average Bonchev–Trinajstić information content (AvgIpc) is 2.38. The van der Waals surface area contributed by atoms with Crippen LogP contribution in [0.4, 0.5) is 4.39 Å². The van der Waals surface area contributed by atoms with Crippen molar-refractivity contribution in [3.05, 3.63) is 63.0 Å². The summed E-state index contributed by atoms with van der Waals surface area (Å²) in [5.74, 6) is 0.653. The van der Waals surface area contributed by atoms with E-state index in [0.717, 1.165) is 21.3 Å². The lowest BCUT2D eigenvalue weighted by molar-refractivity contribution is 0.414. The molecule has 0 radical (unpaired) electrons. The molecule has 4 heteroatoms. The van der Waals surface area contributed by atoms with Gasteiger partial charge < -0.3 is 4.74 Å². The fraction of sp³-hybridized carbons (Fsp3) is 0.200. The first-order valence-corrected chi connectivity index (χ1v) is 7.81. The lowest BCUT2D eigenvalue weighted by atomic mass is 10.0. The summed E-state index contributed by atoms with van der Waals surface area (Å²) in [6, 6.07) is 12.9. The van der Waals surface area contributed by atoms with Crippen molar-refractivity contribution in [2.45, 2.75) is 11.2 Å². The minimum Gasteiger partial charge on any atom is -0.497 e. The Bertz CT molecular complexity index is 574. The van der Waals surface area contributed by atoms with E-state index in [9.17, 15) is 4.39 Å². The van der Waals surface area contributed by atoms with Gasteiger partial charge in [0.15, 0.2) is 0 Å². The second-order valence-corrected chi connectivity index (χ2v) is 6.46. The summed E-state index contributed by atoms with van der Waals surface area (Å²) in [5, 5.41) is 0. The van der Waals surface area contributed by atoms with Gasteiger partial charge in [-0.1, -0.05) is 34.1 Å².